The highest BCUT2D eigenvalue weighted by Crippen LogP contribution is 2.34. The fraction of sp³-hybridized carbons (Fsp3) is 0.377. The molecule has 0 spiro atoms. The van der Waals surface area contributed by atoms with E-state index in [9.17, 15) is 4.39 Å². The molecule has 3 aliphatic rings. The van der Waals surface area contributed by atoms with Gasteiger partial charge in [0.15, 0.2) is 16.9 Å². The number of anilines is 3. The molecule has 12 rings (SSSR count). The number of halogens is 3. The van der Waals surface area contributed by atoms with Gasteiger partial charge in [0, 0.05) is 102 Å². The predicted molar refractivity (Wildman–Crippen MR) is 295 cm³/mol. The van der Waals surface area contributed by atoms with E-state index >= 15 is 0 Å². The van der Waals surface area contributed by atoms with Crippen molar-refractivity contribution in [2.24, 2.45) is 11.8 Å². The van der Waals surface area contributed by atoms with Gasteiger partial charge < -0.3 is 30.7 Å². The average Bonchev–Trinajstić information content (AvgIpc) is 4.17. The molecule has 0 radical (unpaired) electrons. The molecule has 9 aromatic rings. The van der Waals surface area contributed by atoms with Gasteiger partial charge in [0.05, 0.1) is 44.4 Å². The lowest BCUT2D eigenvalue weighted by molar-refractivity contribution is 0.387. The minimum absolute atomic E-state index is 0. The van der Waals surface area contributed by atoms with Gasteiger partial charge in [-0.2, -0.15) is 15.3 Å². The van der Waals surface area contributed by atoms with E-state index < -0.39 is 0 Å². The third-order valence-corrected chi connectivity index (χ3v) is 13.9. The quantitative estimate of drug-likeness (QED) is 0.0756. The molecule has 3 aliphatic heterocycles. The van der Waals surface area contributed by atoms with Crippen LogP contribution in [-0.4, -0.2) is 138 Å². The Morgan fingerprint density at radius 1 is 0.568 bits per heavy atom. The van der Waals surface area contributed by atoms with E-state index in [1.807, 2.05) is 66.7 Å². The van der Waals surface area contributed by atoms with Crippen LogP contribution in [0.4, 0.5) is 21.8 Å². The van der Waals surface area contributed by atoms with Gasteiger partial charge in [-0.1, -0.05) is 57.0 Å². The lowest BCUT2D eigenvalue weighted by atomic mass is 10.0. The topological polar surface area (TPSA) is 209 Å². The van der Waals surface area contributed by atoms with Crippen molar-refractivity contribution >= 4 is 73.8 Å². The van der Waals surface area contributed by atoms with Crippen LogP contribution in [0.3, 0.4) is 0 Å². The highest BCUT2D eigenvalue weighted by Gasteiger charge is 2.25. The first-order valence-corrected chi connectivity index (χ1v) is 26.1. The lowest BCUT2D eigenvalue weighted by Crippen LogP contribution is -2.51. The van der Waals surface area contributed by atoms with Crippen LogP contribution in [0.2, 0.25) is 10.0 Å². The molecule has 0 aromatic carbocycles. The molecular weight excluding hydrogens is 979 g/mol. The van der Waals surface area contributed by atoms with Crippen molar-refractivity contribution in [1.82, 2.24) is 76.4 Å². The smallest absolute Gasteiger partial charge is 0.181 e. The number of rotatable bonds is 10. The third kappa shape index (κ3) is 11.7. The summed E-state index contributed by atoms with van der Waals surface area (Å²) < 4.78 is 13.6. The average molecular weight is 1040 g/mol. The summed E-state index contributed by atoms with van der Waals surface area (Å²) in [6.45, 7) is 18.5. The minimum atomic E-state index is -0.380. The molecule has 3 saturated heterocycles. The second kappa shape index (κ2) is 23.1. The first-order valence-electron chi connectivity index (χ1n) is 25.4. The van der Waals surface area contributed by atoms with E-state index in [0.717, 1.165) is 129 Å². The summed E-state index contributed by atoms with van der Waals surface area (Å²) in [5, 5.41) is 35.9. The molecule has 0 unspecified atom stereocenters. The summed E-state index contributed by atoms with van der Waals surface area (Å²) >= 11 is 12.8. The number of pyridine rings is 6. The molecule has 6 N–H and O–H groups in total. The normalized spacial score (nSPS) is 17.2. The molecular formula is C53H63Cl2FN18. The van der Waals surface area contributed by atoms with E-state index in [1.165, 1.54) is 12.3 Å². The van der Waals surface area contributed by atoms with E-state index in [-0.39, 0.29) is 7.24 Å². The largest absolute Gasteiger partial charge is 0.354 e. The number of fused-ring (bicyclic) bond motifs is 3. The second-order valence-corrected chi connectivity index (χ2v) is 20.5. The maximum atomic E-state index is 13.6. The zero-order valence-corrected chi connectivity index (χ0v) is 43.5. The van der Waals surface area contributed by atoms with Gasteiger partial charge in [-0.15, -0.1) is 0 Å². The molecule has 386 valence electrons. The fourth-order valence-electron chi connectivity index (χ4n) is 9.85. The molecule has 74 heavy (non-hydrogen) atoms. The number of hydrogen-bond acceptors (Lipinski definition) is 15. The van der Waals surface area contributed by atoms with Gasteiger partial charge in [0.2, 0.25) is 0 Å². The third-order valence-electron chi connectivity index (χ3n) is 13.3. The van der Waals surface area contributed by atoms with Crippen LogP contribution in [0.5, 0.6) is 0 Å². The first-order chi connectivity index (χ1) is 36.0. The van der Waals surface area contributed by atoms with Gasteiger partial charge in [-0.05, 0) is 91.4 Å². The van der Waals surface area contributed by atoms with E-state index in [4.69, 9.17) is 38.2 Å². The number of aromatic nitrogens is 12. The monoisotopic (exact) mass is 1040 g/mol. The van der Waals surface area contributed by atoms with Crippen molar-refractivity contribution in [2.75, 3.05) is 80.1 Å². The Hall–Kier alpha value is -6.90. The van der Waals surface area contributed by atoms with E-state index in [1.54, 1.807) is 12.4 Å². The van der Waals surface area contributed by atoms with Crippen LogP contribution in [0.1, 0.15) is 42.0 Å². The van der Waals surface area contributed by atoms with Crippen LogP contribution in [0, 0.1) is 17.7 Å². The van der Waals surface area contributed by atoms with Crippen LogP contribution in [-0.2, 0) is 0 Å². The Labute approximate surface area is 440 Å². The van der Waals surface area contributed by atoms with Crippen molar-refractivity contribution in [1.29, 1.82) is 0 Å². The number of aromatic amines is 3. The Balaban J connectivity index is 0.000000137. The Kier molecular flexibility index (Phi) is 15.8. The minimum Gasteiger partial charge on any atom is -0.354 e. The van der Waals surface area contributed by atoms with Gasteiger partial charge in [0.25, 0.3) is 0 Å². The zero-order valence-electron chi connectivity index (χ0n) is 42.0. The predicted octanol–water partition coefficient (Wildman–Crippen LogP) is 8.81. The van der Waals surface area contributed by atoms with Crippen molar-refractivity contribution < 1.29 is 5.82 Å². The van der Waals surface area contributed by atoms with E-state index in [2.05, 4.69) is 104 Å². The first kappa shape index (κ1) is 50.6. The molecule has 0 amide bonds. The summed E-state index contributed by atoms with van der Waals surface area (Å²) in [7, 11) is 0. The molecule has 2 atom stereocenters. The molecule has 9 aromatic heterocycles. The van der Waals surface area contributed by atoms with Gasteiger partial charge in [-0.3, -0.25) is 15.3 Å². The highest BCUT2D eigenvalue weighted by atomic mass is 35.5. The molecule has 0 aliphatic carbocycles. The van der Waals surface area contributed by atoms with Crippen molar-refractivity contribution in [3.8, 4) is 34.2 Å². The number of nitrogens with one attached hydrogen (secondary N) is 6. The Morgan fingerprint density at radius 3 is 1.62 bits per heavy atom. The molecule has 21 heteroatoms. The number of H-pyrrole nitrogens is 3. The maximum Gasteiger partial charge on any atom is 0.181 e. The zero-order chi connectivity index (χ0) is 51.1. The molecule has 0 bridgehead atoms. The maximum absolute atomic E-state index is 13.6. The number of nitrogens with zero attached hydrogens (tertiary/aromatic N) is 12. The number of piperazine rings is 3. The number of hydrogen-bond donors (Lipinski definition) is 6. The van der Waals surface area contributed by atoms with Crippen molar-refractivity contribution in [3.63, 3.8) is 0 Å². The summed E-state index contributed by atoms with van der Waals surface area (Å²) in [6.07, 6.45) is 6.93. The Bertz CT molecular complexity index is 3320. The molecule has 3 fully saturated rings. The van der Waals surface area contributed by atoms with Gasteiger partial charge in [-0.25, -0.2) is 34.3 Å². The van der Waals surface area contributed by atoms with Crippen LogP contribution >= 0.6 is 23.2 Å². The molecule has 0 saturated carbocycles. The highest BCUT2D eigenvalue weighted by molar-refractivity contribution is 6.33. The summed E-state index contributed by atoms with van der Waals surface area (Å²) in [5.41, 5.74) is 6.34. The van der Waals surface area contributed by atoms with Crippen LogP contribution in [0.25, 0.3) is 67.3 Å². The van der Waals surface area contributed by atoms with Crippen molar-refractivity contribution in [2.45, 2.75) is 52.6 Å². The van der Waals surface area contributed by atoms with Gasteiger partial charge >= 0.3 is 0 Å². The molecule has 12 heterocycles. The SMILES string of the molecule is CC(C)C[C@@H]1CN(c2cccc(-c3[nH]nc4ncc(F)cc34)n2)CCN1.CC(C)C[C@H]1CN(c2ccc(Cl)c(-c3[nH]nc4ncccc34)n2)CCN1.Clc1ccc(N2CCNCC2)nc1-c1[nH]nc2ncccc12.[HH]. The lowest BCUT2D eigenvalue weighted by Gasteiger charge is -2.35. The second-order valence-electron chi connectivity index (χ2n) is 19.6. The van der Waals surface area contributed by atoms with Gasteiger partial charge in [0.1, 0.15) is 34.7 Å². The van der Waals surface area contributed by atoms with Crippen LogP contribution < -0.4 is 30.7 Å². The fourth-order valence-corrected chi connectivity index (χ4v) is 10.3. The molecule has 18 nitrogen and oxygen atoms in total. The summed E-state index contributed by atoms with van der Waals surface area (Å²) in [6, 6.07) is 23.8. The van der Waals surface area contributed by atoms with Crippen molar-refractivity contribution in [3.05, 3.63) is 107 Å². The summed E-state index contributed by atoms with van der Waals surface area (Å²) in [5.74, 6) is 3.77. The van der Waals surface area contributed by atoms with Crippen LogP contribution in [0.15, 0.2) is 91.4 Å². The Morgan fingerprint density at radius 2 is 1.07 bits per heavy atom. The summed E-state index contributed by atoms with van der Waals surface area (Å²) in [4.78, 5) is 33.9. The standard InChI is InChI=1S/C19H23ClN6.C19H23FN6.C15H15ClN6.H2/c1-12(2)10-13-11-26(9-8-21-13)16-6-5-15(20)18(23-16)17-14-4-3-7-22-19(14)25-24-17;1-12(2)8-14-11-26(7-6-21-14)17-5-3-4-16(23-17)18-15-9-13(20)10-22-19(15)25-24-18;16-11-3-4-12(22-8-6-17-7-9-22)19-14(11)13-10-2-1-5-18-15(10)21-20-13;/h3-7,12-13,21H,8-11H2,1-2H3,(H,22,24,25);3-5,9-10,12,14,21H,6-8,11H2,1-2H3,(H,22,24,25);1-5,17H,6-9H2,(H,18,20,21);1H/t13-;14-;;/m01../s1. The van der Waals surface area contributed by atoms with E-state index in [0.29, 0.717) is 67.7 Å².